The second-order valence-corrected chi connectivity index (χ2v) is 2.68. The Balaban J connectivity index is 2.58. The minimum atomic E-state index is -0.233. The van der Waals surface area contributed by atoms with Gasteiger partial charge in [0.25, 0.3) is 0 Å². The fraction of sp³-hybridized carbons (Fsp3) is 0.833. The number of hydrogen-bond donors (Lipinski definition) is 1. The molecule has 52 valence electrons. The summed E-state index contributed by atoms with van der Waals surface area (Å²) in [5.74, 6) is 0.530. The van der Waals surface area contributed by atoms with E-state index in [9.17, 15) is 4.79 Å². The van der Waals surface area contributed by atoms with Crippen molar-refractivity contribution in [3.63, 3.8) is 0 Å². The molecule has 0 saturated carbocycles. The molecule has 0 N–H and O–H groups in total. The van der Waals surface area contributed by atoms with Crippen LogP contribution in [-0.4, -0.2) is 18.3 Å². The molecule has 0 aromatic carbocycles. The molecule has 0 aromatic heterocycles. The molecular formula is C6H10O2S. The maximum atomic E-state index is 10.7. The number of esters is 1. The van der Waals surface area contributed by atoms with Crippen LogP contribution in [0.25, 0.3) is 0 Å². The van der Waals surface area contributed by atoms with Crippen molar-refractivity contribution in [2.75, 3.05) is 12.4 Å². The maximum absolute atomic E-state index is 10.7. The van der Waals surface area contributed by atoms with Crippen LogP contribution in [0.3, 0.4) is 0 Å². The molecule has 1 saturated heterocycles. The highest BCUT2D eigenvalue weighted by Crippen LogP contribution is 2.33. The summed E-state index contributed by atoms with van der Waals surface area (Å²) in [5, 5.41) is 0. The molecule has 1 rings (SSSR count). The molecule has 3 heteroatoms. The van der Waals surface area contributed by atoms with Gasteiger partial charge in [0.1, 0.15) is 12.0 Å². The first-order valence-corrected chi connectivity index (χ1v) is 3.66. The lowest BCUT2D eigenvalue weighted by Gasteiger charge is -2.36. The molecule has 0 spiro atoms. The lowest BCUT2D eigenvalue weighted by molar-refractivity contribution is -0.182. The van der Waals surface area contributed by atoms with Gasteiger partial charge in [0.05, 0.1) is 0 Å². The Kier molecular flexibility index (Phi) is 1.70. The van der Waals surface area contributed by atoms with E-state index < -0.39 is 0 Å². The van der Waals surface area contributed by atoms with Gasteiger partial charge in [-0.15, -0.1) is 0 Å². The number of cyclic esters (lactones) is 1. The van der Waals surface area contributed by atoms with E-state index in [0.29, 0.717) is 12.4 Å². The van der Waals surface area contributed by atoms with Crippen LogP contribution >= 0.6 is 12.6 Å². The molecular weight excluding hydrogens is 136 g/mol. The van der Waals surface area contributed by atoms with Gasteiger partial charge in [0, 0.05) is 5.75 Å². The van der Waals surface area contributed by atoms with E-state index in [2.05, 4.69) is 17.4 Å². The minimum absolute atomic E-state index is 0.0833. The fourth-order valence-corrected chi connectivity index (χ4v) is 1.25. The monoisotopic (exact) mass is 146 g/mol. The Morgan fingerprint density at radius 3 is 2.56 bits per heavy atom. The summed E-state index contributed by atoms with van der Waals surface area (Å²) in [7, 11) is 0. The molecule has 0 radical (unpaired) electrons. The third-order valence-corrected chi connectivity index (χ3v) is 2.50. The van der Waals surface area contributed by atoms with Crippen molar-refractivity contribution < 1.29 is 9.53 Å². The Morgan fingerprint density at radius 2 is 2.56 bits per heavy atom. The molecule has 1 atom stereocenters. The van der Waals surface area contributed by atoms with Gasteiger partial charge >= 0.3 is 5.97 Å². The summed E-state index contributed by atoms with van der Waals surface area (Å²) in [6.07, 6.45) is 0.843. The highest BCUT2D eigenvalue weighted by atomic mass is 32.1. The van der Waals surface area contributed by atoms with Crippen LogP contribution in [0.2, 0.25) is 0 Å². The van der Waals surface area contributed by atoms with Crippen molar-refractivity contribution in [2.24, 2.45) is 5.41 Å². The smallest absolute Gasteiger partial charge is 0.316 e. The van der Waals surface area contributed by atoms with E-state index in [1.807, 2.05) is 6.92 Å². The minimum Gasteiger partial charge on any atom is -0.464 e. The normalized spacial score (nSPS) is 33.3. The Morgan fingerprint density at radius 1 is 1.89 bits per heavy atom. The Labute approximate surface area is 60.0 Å². The molecule has 1 aliphatic heterocycles. The van der Waals surface area contributed by atoms with Crippen LogP contribution in [0.4, 0.5) is 0 Å². The quantitative estimate of drug-likeness (QED) is 0.462. The average Bonchev–Trinajstić information content (AvgIpc) is 1.89. The molecule has 0 aliphatic carbocycles. The molecule has 2 nitrogen and oxygen atoms in total. The van der Waals surface area contributed by atoms with Crippen molar-refractivity contribution in [3.8, 4) is 0 Å². The van der Waals surface area contributed by atoms with Gasteiger partial charge in [-0.3, -0.25) is 4.79 Å². The predicted octanol–water partition coefficient (Wildman–Crippen LogP) is 0.869. The number of thiol groups is 1. The Bertz CT molecular complexity index is 124. The zero-order valence-corrected chi connectivity index (χ0v) is 6.28. The van der Waals surface area contributed by atoms with Crippen molar-refractivity contribution in [3.05, 3.63) is 0 Å². The lowest BCUT2D eigenvalue weighted by Crippen LogP contribution is -2.49. The number of carbonyl (C=O) groups excluding carboxylic acids is 1. The molecule has 9 heavy (non-hydrogen) atoms. The van der Waals surface area contributed by atoms with Crippen molar-refractivity contribution >= 4 is 18.6 Å². The van der Waals surface area contributed by atoms with E-state index in [4.69, 9.17) is 0 Å². The first kappa shape index (κ1) is 6.93. The van der Waals surface area contributed by atoms with Gasteiger partial charge in [-0.2, -0.15) is 12.6 Å². The average molecular weight is 146 g/mol. The van der Waals surface area contributed by atoms with Gasteiger partial charge in [-0.25, -0.2) is 0 Å². The number of rotatable bonds is 2. The van der Waals surface area contributed by atoms with E-state index in [0.717, 1.165) is 6.42 Å². The molecule has 1 unspecified atom stereocenters. The van der Waals surface area contributed by atoms with Gasteiger partial charge in [-0.1, -0.05) is 6.92 Å². The molecule has 1 fully saturated rings. The molecule has 1 aliphatic rings. The van der Waals surface area contributed by atoms with E-state index >= 15 is 0 Å². The first-order chi connectivity index (χ1) is 4.25. The largest absolute Gasteiger partial charge is 0.464 e. The van der Waals surface area contributed by atoms with Crippen LogP contribution in [0.5, 0.6) is 0 Å². The van der Waals surface area contributed by atoms with Crippen LogP contribution in [0, 0.1) is 5.41 Å². The summed E-state index contributed by atoms with van der Waals surface area (Å²) in [6, 6.07) is 0. The summed E-state index contributed by atoms with van der Waals surface area (Å²) in [6.45, 7) is 2.54. The second kappa shape index (κ2) is 2.21. The van der Waals surface area contributed by atoms with Gasteiger partial charge in [0.15, 0.2) is 0 Å². The summed E-state index contributed by atoms with van der Waals surface area (Å²) < 4.78 is 4.64. The molecule has 0 amide bonds. The number of ether oxygens (including phenoxy) is 1. The summed E-state index contributed by atoms with van der Waals surface area (Å²) in [4.78, 5) is 10.7. The van der Waals surface area contributed by atoms with Crippen LogP contribution in [-0.2, 0) is 9.53 Å². The van der Waals surface area contributed by atoms with E-state index in [-0.39, 0.29) is 11.4 Å². The second-order valence-electron chi connectivity index (χ2n) is 2.37. The molecule has 0 bridgehead atoms. The van der Waals surface area contributed by atoms with Crippen LogP contribution < -0.4 is 0 Å². The standard InChI is InChI=1S/C6H10O2S/c1-2-6(4-9)3-8-5(6)7/h9H,2-4H2,1H3. The summed E-state index contributed by atoms with van der Waals surface area (Å²) in [5.41, 5.74) is -0.233. The van der Waals surface area contributed by atoms with E-state index in [1.54, 1.807) is 0 Å². The zero-order valence-electron chi connectivity index (χ0n) is 5.39. The SMILES string of the molecule is CCC1(CS)COC1=O. The van der Waals surface area contributed by atoms with Crippen LogP contribution in [0.1, 0.15) is 13.3 Å². The third-order valence-electron chi connectivity index (χ3n) is 1.89. The zero-order chi connectivity index (χ0) is 6.91. The Hall–Kier alpha value is -0.180. The van der Waals surface area contributed by atoms with Gasteiger partial charge in [0.2, 0.25) is 0 Å². The van der Waals surface area contributed by atoms with Crippen molar-refractivity contribution in [1.82, 2.24) is 0 Å². The lowest BCUT2D eigenvalue weighted by atomic mass is 9.84. The van der Waals surface area contributed by atoms with Crippen LogP contribution in [0.15, 0.2) is 0 Å². The third kappa shape index (κ3) is 0.834. The van der Waals surface area contributed by atoms with Crippen molar-refractivity contribution in [1.29, 1.82) is 0 Å². The predicted molar refractivity (Wildman–Crippen MR) is 37.5 cm³/mol. The highest BCUT2D eigenvalue weighted by molar-refractivity contribution is 7.80. The number of carbonyl (C=O) groups is 1. The maximum Gasteiger partial charge on any atom is 0.316 e. The molecule has 0 aromatic rings. The van der Waals surface area contributed by atoms with Gasteiger partial charge in [-0.05, 0) is 6.42 Å². The van der Waals surface area contributed by atoms with E-state index in [1.165, 1.54) is 0 Å². The fourth-order valence-electron chi connectivity index (χ4n) is 0.804. The highest BCUT2D eigenvalue weighted by Gasteiger charge is 2.46. The number of hydrogen-bond acceptors (Lipinski definition) is 3. The topological polar surface area (TPSA) is 26.3 Å². The molecule has 1 heterocycles. The first-order valence-electron chi connectivity index (χ1n) is 3.03. The summed E-state index contributed by atoms with van der Waals surface area (Å²) >= 11 is 4.07. The van der Waals surface area contributed by atoms with Crippen molar-refractivity contribution in [2.45, 2.75) is 13.3 Å². The van der Waals surface area contributed by atoms with Gasteiger partial charge < -0.3 is 4.74 Å².